The number of hydrogen-bond donors (Lipinski definition) is 2. The van der Waals surface area contributed by atoms with E-state index in [1.807, 2.05) is 6.92 Å². The van der Waals surface area contributed by atoms with Crippen LogP contribution in [0.3, 0.4) is 0 Å². The van der Waals surface area contributed by atoms with Crippen LogP contribution in [0.15, 0.2) is 45.8 Å². The number of halogens is 1. The minimum atomic E-state index is -0.252. The van der Waals surface area contributed by atoms with E-state index in [4.69, 9.17) is 5.73 Å². The van der Waals surface area contributed by atoms with E-state index in [0.717, 1.165) is 6.42 Å². The third-order valence-electron chi connectivity index (χ3n) is 2.97. The van der Waals surface area contributed by atoms with Gasteiger partial charge in [-0.25, -0.2) is 0 Å². The van der Waals surface area contributed by atoms with Crippen molar-refractivity contribution in [2.24, 2.45) is 0 Å². The molecule has 1 amide bonds. The Morgan fingerprint density at radius 1 is 1.33 bits per heavy atom. The van der Waals surface area contributed by atoms with Gasteiger partial charge in [0.15, 0.2) is 0 Å². The third kappa shape index (κ3) is 3.72. The predicted octanol–water partition coefficient (Wildman–Crippen LogP) is 2.86. The van der Waals surface area contributed by atoms with Crippen LogP contribution >= 0.6 is 15.9 Å². The molecule has 0 saturated carbocycles. The maximum absolute atomic E-state index is 12.2. The standard InChI is InChI=1S/C15H16BrN3O2/c1-2-7-19-9-11(4-6-14(19)20)18-15(21)10-3-5-13(17)12(16)8-10/h3-6,8-9H,2,7,17H2,1H3,(H,18,21). The highest BCUT2D eigenvalue weighted by atomic mass is 79.9. The lowest BCUT2D eigenvalue weighted by Gasteiger charge is -2.09. The first-order valence-corrected chi connectivity index (χ1v) is 7.37. The average molecular weight is 350 g/mol. The van der Waals surface area contributed by atoms with Gasteiger partial charge in [-0.15, -0.1) is 0 Å². The van der Waals surface area contributed by atoms with Gasteiger partial charge in [0, 0.05) is 34.5 Å². The molecule has 0 spiro atoms. The molecule has 0 fully saturated rings. The van der Waals surface area contributed by atoms with Crippen molar-refractivity contribution in [3.05, 3.63) is 56.9 Å². The van der Waals surface area contributed by atoms with Crippen molar-refractivity contribution in [2.45, 2.75) is 19.9 Å². The highest BCUT2D eigenvalue weighted by Crippen LogP contribution is 2.21. The number of nitrogen functional groups attached to an aromatic ring is 1. The SMILES string of the molecule is CCCn1cc(NC(=O)c2ccc(N)c(Br)c2)ccc1=O. The summed E-state index contributed by atoms with van der Waals surface area (Å²) in [6.07, 6.45) is 2.50. The molecule has 110 valence electrons. The van der Waals surface area contributed by atoms with E-state index in [1.165, 1.54) is 6.07 Å². The monoisotopic (exact) mass is 349 g/mol. The van der Waals surface area contributed by atoms with E-state index in [9.17, 15) is 9.59 Å². The first kappa shape index (κ1) is 15.3. The van der Waals surface area contributed by atoms with Gasteiger partial charge in [0.25, 0.3) is 11.5 Å². The van der Waals surface area contributed by atoms with E-state index in [2.05, 4.69) is 21.2 Å². The van der Waals surface area contributed by atoms with Crippen molar-refractivity contribution in [2.75, 3.05) is 11.1 Å². The highest BCUT2D eigenvalue weighted by molar-refractivity contribution is 9.10. The number of amides is 1. The van der Waals surface area contributed by atoms with Crippen LogP contribution < -0.4 is 16.6 Å². The maximum atomic E-state index is 12.2. The Morgan fingerprint density at radius 3 is 2.76 bits per heavy atom. The summed E-state index contributed by atoms with van der Waals surface area (Å²) in [6.45, 7) is 2.61. The van der Waals surface area contributed by atoms with Crippen LogP contribution in [-0.4, -0.2) is 10.5 Å². The van der Waals surface area contributed by atoms with Crippen LogP contribution in [0.1, 0.15) is 23.7 Å². The second-order valence-electron chi connectivity index (χ2n) is 4.64. The lowest BCUT2D eigenvalue weighted by atomic mass is 10.2. The smallest absolute Gasteiger partial charge is 0.255 e. The first-order chi connectivity index (χ1) is 10.0. The summed E-state index contributed by atoms with van der Waals surface area (Å²) in [5, 5.41) is 2.77. The second-order valence-corrected chi connectivity index (χ2v) is 5.49. The van der Waals surface area contributed by atoms with Crippen LogP contribution in [0, 0.1) is 0 Å². The largest absolute Gasteiger partial charge is 0.398 e. The Bertz CT molecular complexity index is 725. The molecule has 1 heterocycles. The van der Waals surface area contributed by atoms with E-state index >= 15 is 0 Å². The normalized spacial score (nSPS) is 10.4. The molecule has 21 heavy (non-hydrogen) atoms. The Balaban J connectivity index is 2.21. The molecule has 0 radical (unpaired) electrons. The van der Waals surface area contributed by atoms with Crippen LogP contribution in [0.2, 0.25) is 0 Å². The molecule has 0 atom stereocenters. The molecular formula is C15H16BrN3O2. The average Bonchev–Trinajstić information content (AvgIpc) is 2.45. The Morgan fingerprint density at radius 2 is 2.10 bits per heavy atom. The zero-order chi connectivity index (χ0) is 15.4. The van der Waals surface area contributed by atoms with Crippen LogP contribution in [0.25, 0.3) is 0 Å². The summed E-state index contributed by atoms with van der Waals surface area (Å²) in [4.78, 5) is 23.8. The fourth-order valence-electron chi connectivity index (χ4n) is 1.89. The number of pyridine rings is 1. The maximum Gasteiger partial charge on any atom is 0.255 e. The number of carbonyl (C=O) groups is 1. The fraction of sp³-hybridized carbons (Fsp3) is 0.200. The summed E-state index contributed by atoms with van der Waals surface area (Å²) < 4.78 is 2.25. The topological polar surface area (TPSA) is 77.1 Å². The number of rotatable bonds is 4. The molecule has 0 unspecified atom stereocenters. The third-order valence-corrected chi connectivity index (χ3v) is 3.66. The fourth-order valence-corrected chi connectivity index (χ4v) is 2.27. The number of nitrogens with two attached hydrogens (primary N) is 1. The van der Waals surface area contributed by atoms with E-state index in [0.29, 0.717) is 28.0 Å². The van der Waals surface area contributed by atoms with Crippen molar-refractivity contribution < 1.29 is 4.79 Å². The summed E-state index contributed by atoms with van der Waals surface area (Å²) >= 11 is 3.29. The predicted molar refractivity (Wildman–Crippen MR) is 87.5 cm³/mol. The van der Waals surface area contributed by atoms with Gasteiger partial charge in [0.1, 0.15) is 0 Å². The number of nitrogens with zero attached hydrogens (tertiary/aromatic N) is 1. The van der Waals surface area contributed by atoms with Crippen LogP contribution in [0.5, 0.6) is 0 Å². The number of aromatic nitrogens is 1. The lowest BCUT2D eigenvalue weighted by molar-refractivity contribution is 0.102. The summed E-state index contributed by atoms with van der Waals surface area (Å²) in [5.74, 6) is -0.252. The van der Waals surface area contributed by atoms with Crippen molar-refractivity contribution in [1.82, 2.24) is 4.57 Å². The van der Waals surface area contributed by atoms with Gasteiger partial charge in [-0.3, -0.25) is 9.59 Å². The molecule has 2 aromatic rings. The van der Waals surface area contributed by atoms with E-state index in [-0.39, 0.29) is 11.5 Å². The molecule has 3 N–H and O–H groups in total. The van der Waals surface area contributed by atoms with E-state index in [1.54, 1.807) is 35.0 Å². The van der Waals surface area contributed by atoms with Crippen LogP contribution in [0.4, 0.5) is 11.4 Å². The number of hydrogen-bond acceptors (Lipinski definition) is 3. The summed E-state index contributed by atoms with van der Waals surface area (Å²) in [7, 11) is 0. The molecule has 0 saturated heterocycles. The van der Waals surface area contributed by atoms with Crippen molar-refractivity contribution in [3.63, 3.8) is 0 Å². The first-order valence-electron chi connectivity index (χ1n) is 6.58. The molecule has 2 rings (SSSR count). The zero-order valence-electron chi connectivity index (χ0n) is 11.6. The molecular weight excluding hydrogens is 334 g/mol. The van der Waals surface area contributed by atoms with Crippen molar-refractivity contribution in [3.8, 4) is 0 Å². The summed E-state index contributed by atoms with van der Waals surface area (Å²) in [6, 6.07) is 8.02. The molecule has 0 aliphatic heterocycles. The van der Waals surface area contributed by atoms with Gasteiger partial charge in [-0.2, -0.15) is 0 Å². The Hall–Kier alpha value is -2.08. The van der Waals surface area contributed by atoms with Gasteiger partial charge in [-0.05, 0) is 46.6 Å². The minimum absolute atomic E-state index is 0.0786. The van der Waals surface area contributed by atoms with Crippen LogP contribution in [-0.2, 0) is 6.54 Å². The number of benzene rings is 1. The number of aryl methyl sites for hydroxylation is 1. The number of carbonyl (C=O) groups excluding carboxylic acids is 1. The zero-order valence-corrected chi connectivity index (χ0v) is 13.2. The number of nitrogens with one attached hydrogen (secondary N) is 1. The Kier molecular flexibility index (Phi) is 4.80. The molecule has 5 nitrogen and oxygen atoms in total. The van der Waals surface area contributed by atoms with Crippen molar-refractivity contribution in [1.29, 1.82) is 0 Å². The Labute approximate surface area is 130 Å². The molecule has 0 bridgehead atoms. The minimum Gasteiger partial charge on any atom is -0.398 e. The quantitative estimate of drug-likeness (QED) is 0.833. The van der Waals surface area contributed by atoms with Gasteiger partial charge in [0.05, 0.1) is 5.69 Å². The highest BCUT2D eigenvalue weighted by Gasteiger charge is 2.08. The molecule has 6 heteroatoms. The molecule has 1 aromatic carbocycles. The molecule has 1 aromatic heterocycles. The van der Waals surface area contributed by atoms with Gasteiger partial charge in [0.2, 0.25) is 0 Å². The molecule has 0 aliphatic carbocycles. The lowest BCUT2D eigenvalue weighted by Crippen LogP contribution is -2.20. The van der Waals surface area contributed by atoms with Gasteiger partial charge in [-0.1, -0.05) is 6.92 Å². The number of anilines is 2. The summed E-state index contributed by atoms with van der Waals surface area (Å²) in [5.41, 5.74) is 7.26. The van der Waals surface area contributed by atoms with E-state index < -0.39 is 0 Å². The van der Waals surface area contributed by atoms with Crippen molar-refractivity contribution >= 4 is 33.2 Å². The van der Waals surface area contributed by atoms with Gasteiger partial charge < -0.3 is 15.6 Å². The van der Waals surface area contributed by atoms with Gasteiger partial charge >= 0.3 is 0 Å². The molecule has 0 aliphatic rings. The second kappa shape index (κ2) is 6.58.